The van der Waals surface area contributed by atoms with Crippen LogP contribution in [-0.4, -0.2) is 30.5 Å². The van der Waals surface area contributed by atoms with Gasteiger partial charge in [-0.15, -0.1) is 0 Å². The van der Waals surface area contributed by atoms with Crippen LogP contribution < -0.4 is 16.0 Å². The third-order valence-corrected chi connectivity index (χ3v) is 2.35. The summed E-state index contributed by atoms with van der Waals surface area (Å²) in [6, 6.07) is 3.69. The van der Waals surface area contributed by atoms with Crippen LogP contribution in [0, 0.1) is 17.0 Å². The molecule has 0 heterocycles. The molecule has 0 aliphatic carbocycles. The standard InChI is InChI=1S/C11H14N4O4/c1-7-3-4-8(15(18)19)5-9(7)13-6-10(16)14-11(17)12-2/h3-5,13H,6H2,1-2H3,(H2,12,14,16,17). The highest BCUT2D eigenvalue weighted by atomic mass is 16.6. The molecule has 8 nitrogen and oxygen atoms in total. The minimum atomic E-state index is -0.609. The number of benzene rings is 1. The highest BCUT2D eigenvalue weighted by molar-refractivity contribution is 5.96. The van der Waals surface area contributed by atoms with Gasteiger partial charge < -0.3 is 10.6 Å². The molecule has 1 aromatic rings. The molecule has 1 rings (SSSR count). The van der Waals surface area contributed by atoms with E-state index in [1.807, 2.05) is 0 Å². The van der Waals surface area contributed by atoms with E-state index >= 15 is 0 Å². The maximum absolute atomic E-state index is 11.3. The molecule has 3 N–H and O–H groups in total. The second kappa shape index (κ2) is 6.34. The van der Waals surface area contributed by atoms with Crippen LogP contribution in [0.15, 0.2) is 18.2 Å². The lowest BCUT2D eigenvalue weighted by Crippen LogP contribution is -2.40. The van der Waals surface area contributed by atoms with Crippen molar-refractivity contribution >= 4 is 23.3 Å². The maximum atomic E-state index is 11.3. The van der Waals surface area contributed by atoms with E-state index in [1.165, 1.54) is 19.2 Å². The Labute approximate surface area is 109 Å². The van der Waals surface area contributed by atoms with Crippen molar-refractivity contribution in [2.45, 2.75) is 6.92 Å². The van der Waals surface area contributed by atoms with Gasteiger partial charge in [0.25, 0.3) is 5.69 Å². The Balaban J connectivity index is 2.67. The number of imide groups is 1. The molecule has 0 spiro atoms. The topological polar surface area (TPSA) is 113 Å². The minimum absolute atomic E-state index is 0.0696. The Morgan fingerprint density at radius 2 is 2.05 bits per heavy atom. The molecule has 0 atom stereocenters. The van der Waals surface area contributed by atoms with Crippen molar-refractivity contribution in [3.8, 4) is 0 Å². The Morgan fingerprint density at radius 1 is 1.37 bits per heavy atom. The average molecular weight is 266 g/mol. The van der Waals surface area contributed by atoms with Crippen LogP contribution in [0.3, 0.4) is 0 Å². The van der Waals surface area contributed by atoms with Crippen molar-refractivity contribution in [1.82, 2.24) is 10.6 Å². The van der Waals surface area contributed by atoms with Gasteiger partial charge in [-0.1, -0.05) is 6.07 Å². The van der Waals surface area contributed by atoms with Crippen LogP contribution in [0.4, 0.5) is 16.2 Å². The molecule has 0 fully saturated rings. The van der Waals surface area contributed by atoms with E-state index in [1.54, 1.807) is 13.0 Å². The number of nitro benzene ring substituents is 1. The zero-order chi connectivity index (χ0) is 14.4. The monoisotopic (exact) mass is 266 g/mol. The summed E-state index contributed by atoms with van der Waals surface area (Å²) in [5.74, 6) is -0.537. The first kappa shape index (κ1) is 14.4. The number of carbonyl (C=O) groups excluding carboxylic acids is 2. The van der Waals surface area contributed by atoms with Gasteiger partial charge in [0, 0.05) is 24.9 Å². The molecule has 0 saturated carbocycles. The fourth-order valence-corrected chi connectivity index (χ4v) is 1.32. The fourth-order valence-electron chi connectivity index (χ4n) is 1.32. The summed E-state index contributed by atoms with van der Waals surface area (Å²) in [4.78, 5) is 32.3. The smallest absolute Gasteiger partial charge is 0.321 e. The predicted octanol–water partition coefficient (Wildman–Crippen LogP) is 0.771. The fraction of sp³-hybridized carbons (Fsp3) is 0.273. The van der Waals surface area contributed by atoms with E-state index in [2.05, 4.69) is 16.0 Å². The Bertz CT molecular complexity index is 515. The van der Waals surface area contributed by atoms with Crippen LogP contribution in [0.25, 0.3) is 0 Å². The molecule has 0 saturated heterocycles. The number of aryl methyl sites for hydroxylation is 1. The van der Waals surface area contributed by atoms with Gasteiger partial charge >= 0.3 is 6.03 Å². The lowest BCUT2D eigenvalue weighted by molar-refractivity contribution is -0.384. The van der Waals surface area contributed by atoms with Gasteiger partial charge in [0.2, 0.25) is 5.91 Å². The molecule has 0 aliphatic rings. The molecule has 3 amide bonds. The second-order valence-corrected chi connectivity index (χ2v) is 3.74. The third kappa shape index (κ3) is 4.26. The highest BCUT2D eigenvalue weighted by Gasteiger charge is 2.10. The van der Waals surface area contributed by atoms with Crippen molar-refractivity contribution in [3.63, 3.8) is 0 Å². The second-order valence-electron chi connectivity index (χ2n) is 3.74. The van der Waals surface area contributed by atoms with Gasteiger partial charge in [-0.2, -0.15) is 0 Å². The Hall–Kier alpha value is -2.64. The van der Waals surface area contributed by atoms with Gasteiger partial charge in [-0.05, 0) is 12.5 Å². The average Bonchev–Trinajstić information content (AvgIpc) is 2.37. The number of non-ortho nitro benzene ring substituents is 1. The number of urea groups is 1. The molecular formula is C11H14N4O4. The summed E-state index contributed by atoms with van der Waals surface area (Å²) in [5, 5.41) is 17.7. The predicted molar refractivity (Wildman–Crippen MR) is 68.9 cm³/mol. The minimum Gasteiger partial charge on any atom is -0.376 e. The third-order valence-electron chi connectivity index (χ3n) is 2.35. The number of nitrogens with zero attached hydrogens (tertiary/aromatic N) is 1. The molecule has 0 radical (unpaired) electrons. The highest BCUT2D eigenvalue weighted by Crippen LogP contribution is 2.21. The van der Waals surface area contributed by atoms with Gasteiger partial charge in [-0.3, -0.25) is 20.2 Å². The van der Waals surface area contributed by atoms with E-state index in [0.29, 0.717) is 5.69 Å². The zero-order valence-electron chi connectivity index (χ0n) is 10.5. The van der Waals surface area contributed by atoms with Crippen LogP contribution >= 0.6 is 0 Å². The van der Waals surface area contributed by atoms with Crippen molar-refractivity contribution < 1.29 is 14.5 Å². The summed E-state index contributed by atoms with van der Waals surface area (Å²) in [7, 11) is 1.39. The van der Waals surface area contributed by atoms with Crippen LogP contribution in [0.1, 0.15) is 5.56 Å². The first-order valence-corrected chi connectivity index (χ1v) is 5.44. The van der Waals surface area contributed by atoms with Gasteiger partial charge in [0.05, 0.1) is 11.5 Å². The number of nitrogens with one attached hydrogen (secondary N) is 3. The van der Waals surface area contributed by atoms with Crippen molar-refractivity contribution in [2.75, 3.05) is 18.9 Å². The first-order chi connectivity index (χ1) is 8.93. The van der Waals surface area contributed by atoms with E-state index in [-0.39, 0.29) is 12.2 Å². The SMILES string of the molecule is CNC(=O)NC(=O)CNc1cc([N+](=O)[O-])ccc1C. The lowest BCUT2D eigenvalue weighted by atomic mass is 10.2. The largest absolute Gasteiger partial charge is 0.376 e. The van der Waals surface area contributed by atoms with Gasteiger partial charge in [0.1, 0.15) is 0 Å². The van der Waals surface area contributed by atoms with E-state index in [4.69, 9.17) is 0 Å². The summed E-state index contributed by atoms with van der Waals surface area (Å²) >= 11 is 0. The molecule has 0 aromatic heterocycles. The number of hydrogen-bond donors (Lipinski definition) is 3. The molecule has 0 aliphatic heterocycles. The number of amides is 3. The van der Waals surface area contributed by atoms with Gasteiger partial charge in [-0.25, -0.2) is 4.79 Å². The number of anilines is 1. The summed E-state index contributed by atoms with van der Waals surface area (Å²) in [6.45, 7) is 1.60. The van der Waals surface area contributed by atoms with E-state index in [9.17, 15) is 19.7 Å². The number of hydrogen-bond acceptors (Lipinski definition) is 5. The molecule has 102 valence electrons. The lowest BCUT2D eigenvalue weighted by Gasteiger charge is -2.09. The van der Waals surface area contributed by atoms with Crippen molar-refractivity contribution in [1.29, 1.82) is 0 Å². The molecule has 1 aromatic carbocycles. The maximum Gasteiger partial charge on any atom is 0.321 e. The molecule has 8 heteroatoms. The van der Waals surface area contributed by atoms with Crippen LogP contribution in [0.5, 0.6) is 0 Å². The normalized spacial score (nSPS) is 9.58. The van der Waals surface area contributed by atoms with Crippen molar-refractivity contribution in [2.24, 2.45) is 0 Å². The van der Waals surface area contributed by atoms with E-state index in [0.717, 1.165) is 5.56 Å². The molecule has 0 unspecified atom stereocenters. The number of nitro groups is 1. The Kier molecular flexibility index (Phi) is 4.81. The van der Waals surface area contributed by atoms with Gasteiger partial charge in [0.15, 0.2) is 0 Å². The van der Waals surface area contributed by atoms with Crippen LogP contribution in [-0.2, 0) is 4.79 Å². The molecule has 19 heavy (non-hydrogen) atoms. The quantitative estimate of drug-likeness (QED) is 0.550. The number of carbonyl (C=O) groups is 2. The summed E-state index contributed by atoms with van der Waals surface area (Å²) < 4.78 is 0. The summed E-state index contributed by atoms with van der Waals surface area (Å²) in [6.07, 6.45) is 0. The summed E-state index contributed by atoms with van der Waals surface area (Å²) in [5.41, 5.74) is 1.17. The zero-order valence-corrected chi connectivity index (χ0v) is 10.5. The molecular weight excluding hydrogens is 252 g/mol. The van der Waals surface area contributed by atoms with Crippen LogP contribution in [0.2, 0.25) is 0 Å². The van der Waals surface area contributed by atoms with Crippen molar-refractivity contribution in [3.05, 3.63) is 33.9 Å². The van der Waals surface area contributed by atoms with E-state index < -0.39 is 16.9 Å². The Morgan fingerprint density at radius 3 is 2.63 bits per heavy atom. The number of rotatable bonds is 4. The molecule has 0 bridgehead atoms. The first-order valence-electron chi connectivity index (χ1n) is 5.44.